The Balaban J connectivity index is 1.88. The zero-order valence-electron chi connectivity index (χ0n) is 12.8. The second-order valence-corrected chi connectivity index (χ2v) is 6.80. The molecule has 1 saturated carbocycles. The van der Waals surface area contributed by atoms with Gasteiger partial charge in [0.2, 0.25) is 0 Å². The normalized spacial score (nSPS) is 16.1. The highest BCUT2D eigenvalue weighted by Gasteiger charge is 2.31. The van der Waals surface area contributed by atoms with Gasteiger partial charge < -0.3 is 4.74 Å². The van der Waals surface area contributed by atoms with Crippen molar-refractivity contribution in [2.45, 2.75) is 63.0 Å². The number of esters is 1. The second-order valence-electron chi connectivity index (χ2n) is 6.24. The number of carbonyl (C=O) groups is 1. The highest BCUT2D eigenvalue weighted by Crippen LogP contribution is 2.22. The van der Waals surface area contributed by atoms with Crippen LogP contribution in [0, 0.1) is 0 Å². The fourth-order valence-corrected chi connectivity index (χ4v) is 2.87. The summed E-state index contributed by atoms with van der Waals surface area (Å²) in [5.74, 6) is -0.147. The molecule has 116 valence electrons. The number of nitrogens with one attached hydrogen (secondary N) is 1. The highest BCUT2D eigenvalue weighted by atomic mass is 79.9. The highest BCUT2D eigenvalue weighted by molar-refractivity contribution is 9.08. The van der Waals surface area contributed by atoms with Gasteiger partial charge in [-0.25, -0.2) is 0 Å². The Hall–Kier alpha value is -0.870. The van der Waals surface area contributed by atoms with Gasteiger partial charge in [-0.15, -0.1) is 0 Å². The maximum absolute atomic E-state index is 12.3. The topological polar surface area (TPSA) is 38.3 Å². The molecule has 1 aromatic rings. The van der Waals surface area contributed by atoms with E-state index in [2.05, 4.69) is 39.4 Å². The summed E-state index contributed by atoms with van der Waals surface area (Å²) in [4.78, 5) is 12.3. The van der Waals surface area contributed by atoms with Crippen LogP contribution in [0.4, 0.5) is 0 Å². The fourth-order valence-electron chi connectivity index (χ4n) is 2.52. The van der Waals surface area contributed by atoms with Crippen LogP contribution in [0.3, 0.4) is 0 Å². The fraction of sp³-hybridized carbons (Fsp3) is 0.588. The SMILES string of the molecule is CC(C)(NCc1cccc(CBr)c1)C(=O)OC1CCCC1. The Bertz CT molecular complexity index is 481. The molecule has 21 heavy (non-hydrogen) atoms. The van der Waals surface area contributed by atoms with E-state index in [-0.39, 0.29) is 12.1 Å². The van der Waals surface area contributed by atoms with E-state index >= 15 is 0 Å². The minimum Gasteiger partial charge on any atom is -0.461 e. The molecule has 0 saturated heterocycles. The first-order valence-corrected chi connectivity index (χ1v) is 8.73. The van der Waals surface area contributed by atoms with Crippen molar-refractivity contribution in [1.82, 2.24) is 5.32 Å². The van der Waals surface area contributed by atoms with E-state index in [1.807, 2.05) is 19.9 Å². The van der Waals surface area contributed by atoms with Crippen molar-refractivity contribution < 1.29 is 9.53 Å². The maximum Gasteiger partial charge on any atom is 0.326 e. The van der Waals surface area contributed by atoms with Gasteiger partial charge in [0, 0.05) is 11.9 Å². The molecular weight excluding hydrogens is 330 g/mol. The van der Waals surface area contributed by atoms with Gasteiger partial charge in [-0.1, -0.05) is 40.2 Å². The number of benzene rings is 1. The first-order valence-electron chi connectivity index (χ1n) is 7.61. The van der Waals surface area contributed by atoms with Crippen molar-refractivity contribution in [3.8, 4) is 0 Å². The van der Waals surface area contributed by atoms with Crippen LogP contribution in [-0.4, -0.2) is 17.6 Å². The number of hydrogen-bond donors (Lipinski definition) is 1. The Morgan fingerprint density at radius 2 is 2.00 bits per heavy atom. The minimum absolute atomic E-state index is 0.121. The van der Waals surface area contributed by atoms with E-state index in [0.29, 0.717) is 6.54 Å². The molecule has 1 fully saturated rings. The van der Waals surface area contributed by atoms with E-state index < -0.39 is 5.54 Å². The van der Waals surface area contributed by atoms with Crippen LogP contribution in [0.1, 0.15) is 50.7 Å². The van der Waals surface area contributed by atoms with Crippen molar-refractivity contribution in [2.75, 3.05) is 0 Å². The van der Waals surface area contributed by atoms with Crippen LogP contribution in [-0.2, 0) is 21.4 Å². The predicted molar refractivity (Wildman–Crippen MR) is 88.3 cm³/mol. The maximum atomic E-state index is 12.3. The van der Waals surface area contributed by atoms with Gasteiger partial charge in [0.1, 0.15) is 11.6 Å². The molecule has 0 atom stereocenters. The molecule has 0 aliphatic heterocycles. The number of rotatable bonds is 6. The molecule has 0 aromatic heterocycles. The zero-order chi connectivity index (χ0) is 15.3. The monoisotopic (exact) mass is 353 g/mol. The summed E-state index contributed by atoms with van der Waals surface area (Å²) < 4.78 is 5.60. The van der Waals surface area contributed by atoms with Gasteiger partial charge in [0.05, 0.1) is 0 Å². The molecule has 3 nitrogen and oxygen atoms in total. The van der Waals surface area contributed by atoms with Crippen molar-refractivity contribution >= 4 is 21.9 Å². The number of halogens is 1. The summed E-state index contributed by atoms with van der Waals surface area (Å²) in [6.45, 7) is 4.44. The molecule has 0 heterocycles. The van der Waals surface area contributed by atoms with Crippen LogP contribution >= 0.6 is 15.9 Å². The molecule has 1 aliphatic carbocycles. The van der Waals surface area contributed by atoms with Gasteiger partial charge >= 0.3 is 5.97 Å². The lowest BCUT2D eigenvalue weighted by Crippen LogP contribution is -2.48. The largest absolute Gasteiger partial charge is 0.461 e. The molecule has 0 radical (unpaired) electrons. The van der Waals surface area contributed by atoms with Gasteiger partial charge in [-0.05, 0) is 50.7 Å². The summed E-state index contributed by atoms with van der Waals surface area (Å²) in [7, 11) is 0. The lowest BCUT2D eigenvalue weighted by atomic mass is 10.0. The molecule has 2 rings (SSSR count). The Morgan fingerprint density at radius 3 is 2.67 bits per heavy atom. The molecule has 0 amide bonds. The quantitative estimate of drug-likeness (QED) is 0.621. The van der Waals surface area contributed by atoms with Crippen molar-refractivity contribution in [3.05, 3.63) is 35.4 Å². The first kappa shape index (κ1) is 16.5. The molecule has 4 heteroatoms. The lowest BCUT2D eigenvalue weighted by molar-refractivity contribution is -0.155. The average molecular weight is 354 g/mol. The third-order valence-corrected chi connectivity index (χ3v) is 4.61. The van der Waals surface area contributed by atoms with Crippen molar-refractivity contribution in [1.29, 1.82) is 0 Å². The number of carbonyl (C=O) groups excluding carboxylic acids is 1. The third-order valence-electron chi connectivity index (χ3n) is 3.97. The van der Waals surface area contributed by atoms with E-state index in [4.69, 9.17) is 4.74 Å². The minimum atomic E-state index is -0.660. The molecule has 0 unspecified atom stereocenters. The summed E-state index contributed by atoms with van der Waals surface area (Å²) in [5, 5.41) is 4.15. The predicted octanol–water partition coefficient (Wildman–Crippen LogP) is 3.94. The molecular formula is C17H24BrNO2. The second kappa shape index (κ2) is 7.41. The van der Waals surface area contributed by atoms with Crippen LogP contribution in [0.15, 0.2) is 24.3 Å². The third kappa shape index (κ3) is 4.82. The summed E-state index contributed by atoms with van der Waals surface area (Å²) in [5.41, 5.74) is 1.75. The Morgan fingerprint density at radius 1 is 1.33 bits per heavy atom. The van der Waals surface area contributed by atoms with Crippen LogP contribution in [0.25, 0.3) is 0 Å². The van der Waals surface area contributed by atoms with Gasteiger partial charge in [0.25, 0.3) is 0 Å². The number of hydrogen-bond acceptors (Lipinski definition) is 3. The number of alkyl halides is 1. The summed E-state index contributed by atoms with van der Waals surface area (Å²) in [6, 6.07) is 8.33. The van der Waals surface area contributed by atoms with E-state index in [0.717, 1.165) is 18.2 Å². The Kier molecular flexibility index (Phi) is 5.82. The lowest BCUT2D eigenvalue weighted by Gasteiger charge is -2.26. The zero-order valence-corrected chi connectivity index (χ0v) is 14.4. The summed E-state index contributed by atoms with van der Waals surface area (Å²) in [6.07, 6.45) is 4.48. The van der Waals surface area contributed by atoms with E-state index in [1.165, 1.54) is 24.0 Å². The smallest absolute Gasteiger partial charge is 0.326 e. The summed E-state index contributed by atoms with van der Waals surface area (Å²) >= 11 is 3.46. The number of ether oxygens (including phenoxy) is 1. The van der Waals surface area contributed by atoms with E-state index in [9.17, 15) is 4.79 Å². The standard InChI is InChI=1S/C17H24BrNO2/c1-17(2,16(20)21-15-8-3-4-9-15)19-12-14-7-5-6-13(10-14)11-18/h5-7,10,15,19H,3-4,8-9,11-12H2,1-2H3. The van der Waals surface area contributed by atoms with Crippen molar-refractivity contribution in [3.63, 3.8) is 0 Å². The van der Waals surface area contributed by atoms with Gasteiger partial charge in [-0.3, -0.25) is 10.1 Å². The average Bonchev–Trinajstić information content (AvgIpc) is 2.98. The van der Waals surface area contributed by atoms with Crippen LogP contribution < -0.4 is 5.32 Å². The van der Waals surface area contributed by atoms with E-state index in [1.54, 1.807) is 0 Å². The molecule has 1 aliphatic rings. The first-order chi connectivity index (χ1) is 10.0. The molecule has 1 N–H and O–H groups in total. The molecule has 0 spiro atoms. The van der Waals surface area contributed by atoms with Crippen LogP contribution in [0.5, 0.6) is 0 Å². The van der Waals surface area contributed by atoms with Gasteiger partial charge in [0.15, 0.2) is 0 Å². The molecule has 1 aromatic carbocycles. The van der Waals surface area contributed by atoms with Crippen molar-refractivity contribution in [2.24, 2.45) is 0 Å². The van der Waals surface area contributed by atoms with Crippen LogP contribution in [0.2, 0.25) is 0 Å². The Labute approximate surface area is 135 Å². The molecule has 0 bridgehead atoms. The van der Waals surface area contributed by atoms with Gasteiger partial charge in [-0.2, -0.15) is 0 Å².